The second-order valence-corrected chi connectivity index (χ2v) is 7.16. The van der Waals surface area contributed by atoms with E-state index in [2.05, 4.69) is 15.7 Å². The molecule has 0 aliphatic carbocycles. The Labute approximate surface area is 159 Å². The quantitative estimate of drug-likeness (QED) is 0.847. The maximum Gasteiger partial charge on any atom is 0.258 e. The van der Waals surface area contributed by atoms with Gasteiger partial charge in [-0.15, -0.1) is 0 Å². The summed E-state index contributed by atoms with van der Waals surface area (Å²) < 4.78 is 7.63. The molecule has 7 nitrogen and oxygen atoms in total. The lowest BCUT2D eigenvalue weighted by molar-refractivity contribution is -0.120. The highest BCUT2D eigenvalue weighted by atomic mass is 16.5. The monoisotopic (exact) mass is 370 g/mol. The summed E-state index contributed by atoms with van der Waals surface area (Å²) in [6, 6.07) is 7.96. The van der Waals surface area contributed by atoms with Gasteiger partial charge < -0.3 is 15.4 Å². The first-order chi connectivity index (χ1) is 12.9. The molecule has 0 bridgehead atoms. The van der Waals surface area contributed by atoms with Crippen molar-refractivity contribution in [3.05, 3.63) is 47.8 Å². The maximum atomic E-state index is 12.5. The molecule has 2 atom stereocenters. The van der Waals surface area contributed by atoms with Crippen molar-refractivity contribution in [3.63, 3.8) is 0 Å². The Balaban J connectivity index is 1.67. The van der Waals surface area contributed by atoms with Crippen molar-refractivity contribution in [1.82, 2.24) is 15.1 Å². The minimum Gasteiger partial charge on any atom is -0.373 e. The van der Waals surface area contributed by atoms with Crippen LogP contribution in [-0.2, 0) is 9.53 Å². The molecule has 2 N–H and O–H groups in total. The van der Waals surface area contributed by atoms with Crippen LogP contribution in [0.4, 0.5) is 5.69 Å². The first kappa shape index (κ1) is 19.1. The molecular weight excluding hydrogens is 344 g/mol. The molecule has 1 aliphatic heterocycles. The fraction of sp³-hybridized carbons (Fsp3) is 0.450. The Kier molecular flexibility index (Phi) is 5.91. The van der Waals surface area contributed by atoms with E-state index in [-0.39, 0.29) is 30.0 Å². The van der Waals surface area contributed by atoms with Gasteiger partial charge in [0.25, 0.3) is 5.91 Å². The Morgan fingerprint density at radius 2 is 2.15 bits per heavy atom. The van der Waals surface area contributed by atoms with Crippen LogP contribution in [-0.4, -0.2) is 34.2 Å². The summed E-state index contributed by atoms with van der Waals surface area (Å²) >= 11 is 0. The highest BCUT2D eigenvalue weighted by Gasteiger charge is 2.24. The molecule has 27 heavy (non-hydrogen) atoms. The molecule has 0 radical (unpaired) electrons. The summed E-state index contributed by atoms with van der Waals surface area (Å²) in [6.07, 6.45) is 4.74. The largest absolute Gasteiger partial charge is 0.373 e. The van der Waals surface area contributed by atoms with E-state index in [1.807, 2.05) is 38.1 Å². The normalized spacial score (nSPS) is 19.7. The van der Waals surface area contributed by atoms with Gasteiger partial charge >= 0.3 is 0 Å². The van der Waals surface area contributed by atoms with Gasteiger partial charge in [-0.2, -0.15) is 5.10 Å². The highest BCUT2D eigenvalue weighted by molar-refractivity contribution is 6.03. The molecule has 1 aromatic heterocycles. The molecule has 1 aliphatic rings. The Hall–Kier alpha value is -2.67. The molecule has 2 aromatic rings. The van der Waals surface area contributed by atoms with E-state index in [1.165, 1.54) is 6.92 Å². The number of nitrogens with zero attached hydrogens (tertiary/aromatic N) is 2. The Morgan fingerprint density at radius 3 is 2.85 bits per heavy atom. The van der Waals surface area contributed by atoms with E-state index in [4.69, 9.17) is 4.74 Å². The number of benzene rings is 1. The van der Waals surface area contributed by atoms with Gasteiger partial charge in [-0.1, -0.05) is 12.1 Å². The van der Waals surface area contributed by atoms with Crippen LogP contribution in [0.3, 0.4) is 0 Å². The van der Waals surface area contributed by atoms with E-state index in [0.29, 0.717) is 17.9 Å². The number of carbonyl (C=O) groups is 2. The lowest BCUT2D eigenvalue weighted by atomic mass is 9.97. The molecule has 7 heteroatoms. The zero-order chi connectivity index (χ0) is 19.4. The highest BCUT2D eigenvalue weighted by Crippen LogP contribution is 2.29. The molecule has 0 unspecified atom stereocenters. The third-order valence-electron chi connectivity index (χ3n) is 4.60. The van der Waals surface area contributed by atoms with E-state index in [9.17, 15) is 9.59 Å². The van der Waals surface area contributed by atoms with Gasteiger partial charge in [0, 0.05) is 37.5 Å². The number of ether oxygens (including phenoxy) is 1. The maximum absolute atomic E-state index is 12.5. The average molecular weight is 370 g/mol. The van der Waals surface area contributed by atoms with Crippen LogP contribution >= 0.6 is 0 Å². The molecular formula is C20H26N4O3. The third kappa shape index (κ3) is 4.95. The zero-order valence-electron chi connectivity index (χ0n) is 15.9. The second kappa shape index (κ2) is 8.35. The van der Waals surface area contributed by atoms with Crippen LogP contribution in [0.15, 0.2) is 36.7 Å². The van der Waals surface area contributed by atoms with Crippen LogP contribution in [0.2, 0.25) is 0 Å². The van der Waals surface area contributed by atoms with Crippen LogP contribution in [0, 0.1) is 0 Å². The zero-order valence-corrected chi connectivity index (χ0v) is 15.9. The molecule has 1 fully saturated rings. The topological polar surface area (TPSA) is 85.2 Å². The average Bonchev–Trinajstić information content (AvgIpc) is 3.12. The third-order valence-corrected chi connectivity index (χ3v) is 4.60. The van der Waals surface area contributed by atoms with Gasteiger partial charge in [-0.05, 0) is 44.4 Å². The van der Waals surface area contributed by atoms with Gasteiger partial charge in [0.05, 0.1) is 17.9 Å². The van der Waals surface area contributed by atoms with Crippen molar-refractivity contribution in [2.75, 3.05) is 11.9 Å². The summed E-state index contributed by atoms with van der Waals surface area (Å²) in [5, 5.41) is 10.1. The second-order valence-electron chi connectivity index (χ2n) is 7.16. The molecule has 1 aromatic carbocycles. The lowest BCUT2D eigenvalue weighted by Gasteiger charge is -2.30. The molecule has 2 amide bonds. The summed E-state index contributed by atoms with van der Waals surface area (Å²) in [4.78, 5) is 23.8. The first-order valence-electron chi connectivity index (χ1n) is 9.26. The molecule has 0 saturated carbocycles. The van der Waals surface area contributed by atoms with Crippen molar-refractivity contribution in [2.45, 2.75) is 51.8 Å². The SMILES string of the molecule is CC(=O)N[C@H]1CCO[C@@H](c2cccc(NC(=O)c3cnn(C(C)C)c3)c2)C1. The van der Waals surface area contributed by atoms with Gasteiger partial charge in [0.2, 0.25) is 5.91 Å². The summed E-state index contributed by atoms with van der Waals surface area (Å²) in [7, 11) is 0. The number of rotatable bonds is 5. The molecule has 2 heterocycles. The number of hydrogen-bond acceptors (Lipinski definition) is 4. The van der Waals surface area contributed by atoms with E-state index in [0.717, 1.165) is 18.4 Å². The van der Waals surface area contributed by atoms with Gasteiger partial charge in [-0.3, -0.25) is 14.3 Å². The molecule has 144 valence electrons. The number of aromatic nitrogens is 2. The standard InChI is InChI=1S/C20H26N4O3/c1-13(2)24-12-16(11-21-24)20(26)23-17-6-4-5-15(9-17)19-10-18(7-8-27-19)22-14(3)25/h4-6,9,11-13,18-19H,7-8,10H2,1-3H3,(H,22,25)(H,23,26)/t18-,19+/m0/s1. The molecule has 3 rings (SSSR count). The first-order valence-corrected chi connectivity index (χ1v) is 9.26. The van der Waals surface area contributed by atoms with Gasteiger partial charge in [0.15, 0.2) is 0 Å². The fourth-order valence-electron chi connectivity index (χ4n) is 3.21. The van der Waals surface area contributed by atoms with Crippen molar-refractivity contribution in [3.8, 4) is 0 Å². The van der Waals surface area contributed by atoms with Gasteiger partial charge in [-0.25, -0.2) is 0 Å². The van der Waals surface area contributed by atoms with E-state index >= 15 is 0 Å². The summed E-state index contributed by atoms with van der Waals surface area (Å²) in [5.41, 5.74) is 2.22. The number of amides is 2. The summed E-state index contributed by atoms with van der Waals surface area (Å²) in [5.74, 6) is -0.219. The lowest BCUT2D eigenvalue weighted by Crippen LogP contribution is -2.38. The van der Waals surface area contributed by atoms with Gasteiger partial charge in [0.1, 0.15) is 0 Å². The van der Waals surface area contributed by atoms with Crippen LogP contribution in [0.5, 0.6) is 0 Å². The number of nitrogens with one attached hydrogen (secondary N) is 2. The summed E-state index contributed by atoms with van der Waals surface area (Å²) in [6.45, 7) is 6.15. The van der Waals surface area contributed by atoms with E-state index in [1.54, 1.807) is 17.1 Å². The molecule has 1 saturated heterocycles. The minimum atomic E-state index is -0.195. The predicted octanol–water partition coefficient (Wildman–Crippen LogP) is 3.07. The number of carbonyl (C=O) groups excluding carboxylic acids is 2. The predicted molar refractivity (Wildman–Crippen MR) is 103 cm³/mol. The van der Waals surface area contributed by atoms with Crippen LogP contribution in [0.1, 0.15) is 61.7 Å². The number of anilines is 1. The Morgan fingerprint density at radius 1 is 1.33 bits per heavy atom. The van der Waals surface area contributed by atoms with E-state index < -0.39 is 0 Å². The fourth-order valence-corrected chi connectivity index (χ4v) is 3.21. The van der Waals surface area contributed by atoms with Crippen LogP contribution in [0.25, 0.3) is 0 Å². The van der Waals surface area contributed by atoms with Crippen LogP contribution < -0.4 is 10.6 Å². The van der Waals surface area contributed by atoms with Crippen molar-refractivity contribution >= 4 is 17.5 Å². The minimum absolute atomic E-state index is 0.0244. The van der Waals surface area contributed by atoms with Crippen molar-refractivity contribution < 1.29 is 14.3 Å². The van der Waals surface area contributed by atoms with Crippen molar-refractivity contribution in [2.24, 2.45) is 0 Å². The molecule has 0 spiro atoms. The number of hydrogen-bond donors (Lipinski definition) is 2. The Bertz CT molecular complexity index is 815. The smallest absolute Gasteiger partial charge is 0.258 e. The van der Waals surface area contributed by atoms with Crippen molar-refractivity contribution in [1.29, 1.82) is 0 Å².